The van der Waals surface area contributed by atoms with Crippen LogP contribution in [-0.4, -0.2) is 50.1 Å². The summed E-state index contributed by atoms with van der Waals surface area (Å²) < 4.78 is 5.19. The summed E-state index contributed by atoms with van der Waals surface area (Å²) in [5.74, 6) is 2.17. The molecule has 2 fully saturated rings. The summed E-state index contributed by atoms with van der Waals surface area (Å²) in [4.78, 5) is 41.7. The van der Waals surface area contributed by atoms with Gasteiger partial charge in [-0.3, -0.25) is 14.4 Å². The molecule has 1 aromatic heterocycles. The molecule has 0 bridgehead atoms. The number of morpholine rings is 1. The van der Waals surface area contributed by atoms with Gasteiger partial charge in [-0.1, -0.05) is 5.92 Å². The average molecular weight is 423 g/mol. The Labute approximate surface area is 178 Å². The lowest BCUT2D eigenvalue weighted by atomic mass is 10.1. The average Bonchev–Trinajstić information content (AvgIpc) is 3.35. The van der Waals surface area contributed by atoms with Gasteiger partial charge in [-0.15, -0.1) is 17.8 Å². The van der Waals surface area contributed by atoms with Crippen LogP contribution in [0.4, 0.5) is 11.4 Å². The van der Waals surface area contributed by atoms with E-state index in [2.05, 4.69) is 11.2 Å². The Morgan fingerprint density at radius 2 is 2.07 bits per heavy atom. The number of carbonyl (C=O) groups is 3. The second-order valence-corrected chi connectivity index (χ2v) is 8.34. The van der Waals surface area contributed by atoms with Crippen LogP contribution in [0.3, 0.4) is 0 Å². The Hall–Kier alpha value is -3.15. The molecule has 1 N–H and O–H groups in total. The number of anilines is 2. The standard InChI is InChI=1S/C22H21N3O4S/c1-3-17-5-7-19(30-17)22(28)23-15-11-20(26)25(12-15)16-4-6-18(14(2)10-16)24-8-9-29-13-21(24)27/h1,4-7,10,15H,8-9,11-13H2,2H3,(H,23,28)/t15-/m1/s1. The molecule has 30 heavy (non-hydrogen) atoms. The lowest BCUT2D eigenvalue weighted by molar-refractivity contribution is -0.125. The third-order valence-electron chi connectivity index (χ3n) is 5.20. The molecule has 0 aliphatic carbocycles. The van der Waals surface area contributed by atoms with Crippen molar-refractivity contribution >= 4 is 40.4 Å². The van der Waals surface area contributed by atoms with Crippen LogP contribution in [0.1, 0.15) is 26.5 Å². The zero-order chi connectivity index (χ0) is 21.3. The number of hydrogen-bond donors (Lipinski definition) is 1. The number of thiophene rings is 1. The van der Waals surface area contributed by atoms with Crippen LogP contribution in [0.15, 0.2) is 30.3 Å². The molecule has 0 unspecified atom stereocenters. The molecule has 0 radical (unpaired) electrons. The topological polar surface area (TPSA) is 79.0 Å². The normalized spacial score (nSPS) is 19.1. The van der Waals surface area contributed by atoms with Crippen molar-refractivity contribution < 1.29 is 19.1 Å². The van der Waals surface area contributed by atoms with Crippen LogP contribution >= 0.6 is 11.3 Å². The molecule has 1 atom stereocenters. The first-order valence-electron chi connectivity index (χ1n) is 9.62. The van der Waals surface area contributed by atoms with E-state index < -0.39 is 0 Å². The molecule has 3 amide bonds. The summed E-state index contributed by atoms with van der Waals surface area (Å²) in [5.41, 5.74) is 2.48. The summed E-state index contributed by atoms with van der Waals surface area (Å²) in [6.45, 7) is 3.42. The number of aryl methyl sites for hydroxylation is 1. The van der Waals surface area contributed by atoms with Crippen molar-refractivity contribution in [2.45, 2.75) is 19.4 Å². The number of benzene rings is 1. The predicted molar refractivity (Wildman–Crippen MR) is 115 cm³/mol. The Kier molecular flexibility index (Phi) is 5.57. The van der Waals surface area contributed by atoms with Crippen LogP contribution in [0.2, 0.25) is 0 Å². The largest absolute Gasteiger partial charge is 0.370 e. The lowest BCUT2D eigenvalue weighted by Crippen LogP contribution is -2.42. The molecule has 154 valence electrons. The molecular weight excluding hydrogens is 402 g/mol. The molecule has 3 heterocycles. The molecule has 2 aromatic rings. The maximum Gasteiger partial charge on any atom is 0.261 e. The minimum Gasteiger partial charge on any atom is -0.370 e. The van der Waals surface area contributed by atoms with E-state index in [1.165, 1.54) is 11.3 Å². The van der Waals surface area contributed by atoms with Crippen molar-refractivity contribution in [1.82, 2.24) is 5.32 Å². The van der Waals surface area contributed by atoms with Crippen molar-refractivity contribution in [3.05, 3.63) is 45.6 Å². The van der Waals surface area contributed by atoms with Gasteiger partial charge in [-0.2, -0.15) is 0 Å². The maximum absolute atomic E-state index is 12.6. The van der Waals surface area contributed by atoms with Gasteiger partial charge >= 0.3 is 0 Å². The van der Waals surface area contributed by atoms with E-state index in [-0.39, 0.29) is 36.8 Å². The van der Waals surface area contributed by atoms with E-state index in [0.717, 1.165) is 16.9 Å². The number of carbonyl (C=O) groups excluding carboxylic acids is 3. The monoisotopic (exact) mass is 423 g/mol. The zero-order valence-electron chi connectivity index (χ0n) is 16.5. The van der Waals surface area contributed by atoms with Gasteiger partial charge in [-0.05, 0) is 42.8 Å². The molecular formula is C22H21N3O4S. The number of ether oxygens (including phenoxy) is 1. The molecule has 8 heteroatoms. The summed E-state index contributed by atoms with van der Waals surface area (Å²) in [5, 5.41) is 2.92. The fourth-order valence-corrected chi connectivity index (χ4v) is 4.45. The summed E-state index contributed by atoms with van der Waals surface area (Å²) >= 11 is 1.25. The minimum atomic E-state index is -0.276. The first-order chi connectivity index (χ1) is 14.5. The summed E-state index contributed by atoms with van der Waals surface area (Å²) in [7, 11) is 0. The number of hydrogen-bond acceptors (Lipinski definition) is 5. The van der Waals surface area contributed by atoms with Gasteiger partial charge in [0.25, 0.3) is 11.8 Å². The van der Waals surface area contributed by atoms with E-state index in [0.29, 0.717) is 29.5 Å². The second kappa shape index (κ2) is 8.30. The van der Waals surface area contributed by atoms with Crippen LogP contribution < -0.4 is 15.1 Å². The molecule has 7 nitrogen and oxygen atoms in total. The van der Waals surface area contributed by atoms with Gasteiger partial charge in [0, 0.05) is 30.9 Å². The van der Waals surface area contributed by atoms with E-state index in [1.807, 2.05) is 25.1 Å². The molecule has 0 spiro atoms. The fourth-order valence-electron chi connectivity index (χ4n) is 3.73. The number of rotatable bonds is 4. The van der Waals surface area contributed by atoms with E-state index in [9.17, 15) is 14.4 Å². The number of amides is 3. The first kappa shape index (κ1) is 20.1. The fraction of sp³-hybridized carbons (Fsp3) is 0.318. The van der Waals surface area contributed by atoms with Gasteiger partial charge in [0.05, 0.1) is 22.4 Å². The highest BCUT2D eigenvalue weighted by Crippen LogP contribution is 2.29. The zero-order valence-corrected chi connectivity index (χ0v) is 17.3. The summed E-state index contributed by atoms with van der Waals surface area (Å²) in [6.07, 6.45) is 5.59. The van der Waals surface area contributed by atoms with Crippen molar-refractivity contribution in [3.8, 4) is 12.3 Å². The highest BCUT2D eigenvalue weighted by atomic mass is 32.1. The van der Waals surface area contributed by atoms with Crippen LogP contribution in [0, 0.1) is 19.3 Å². The highest BCUT2D eigenvalue weighted by Gasteiger charge is 2.32. The van der Waals surface area contributed by atoms with E-state index >= 15 is 0 Å². The quantitative estimate of drug-likeness (QED) is 0.763. The van der Waals surface area contributed by atoms with Crippen molar-refractivity contribution in [2.24, 2.45) is 0 Å². The molecule has 0 saturated carbocycles. The smallest absolute Gasteiger partial charge is 0.261 e. The number of terminal acetylenes is 1. The van der Waals surface area contributed by atoms with Crippen LogP contribution in [-0.2, 0) is 14.3 Å². The summed E-state index contributed by atoms with van der Waals surface area (Å²) in [6, 6.07) is 8.75. The van der Waals surface area contributed by atoms with E-state index in [1.54, 1.807) is 21.9 Å². The third-order valence-corrected chi connectivity index (χ3v) is 6.22. The van der Waals surface area contributed by atoms with Gasteiger partial charge in [0.1, 0.15) is 6.61 Å². The molecule has 2 saturated heterocycles. The highest BCUT2D eigenvalue weighted by molar-refractivity contribution is 7.14. The molecule has 4 rings (SSSR count). The SMILES string of the molecule is C#Cc1ccc(C(=O)N[C@@H]2CC(=O)N(c3ccc(N4CCOCC4=O)c(C)c3)C2)s1. The number of nitrogens with one attached hydrogen (secondary N) is 1. The first-order valence-corrected chi connectivity index (χ1v) is 10.4. The van der Waals surface area contributed by atoms with E-state index in [4.69, 9.17) is 11.2 Å². The Bertz CT molecular complexity index is 1050. The molecule has 1 aromatic carbocycles. The van der Waals surface area contributed by atoms with Crippen LogP contribution in [0.5, 0.6) is 0 Å². The molecule has 2 aliphatic heterocycles. The predicted octanol–water partition coefficient (Wildman–Crippen LogP) is 1.94. The third kappa shape index (κ3) is 3.95. The van der Waals surface area contributed by atoms with Gasteiger partial charge in [0.15, 0.2) is 0 Å². The van der Waals surface area contributed by atoms with Gasteiger partial charge < -0.3 is 19.9 Å². The lowest BCUT2D eigenvalue weighted by Gasteiger charge is -2.29. The Balaban J connectivity index is 1.45. The van der Waals surface area contributed by atoms with Crippen molar-refractivity contribution in [3.63, 3.8) is 0 Å². The van der Waals surface area contributed by atoms with Gasteiger partial charge in [-0.25, -0.2) is 0 Å². The maximum atomic E-state index is 12.6. The minimum absolute atomic E-state index is 0.0506. The number of nitrogens with zero attached hydrogens (tertiary/aromatic N) is 2. The van der Waals surface area contributed by atoms with Crippen molar-refractivity contribution in [1.29, 1.82) is 0 Å². The van der Waals surface area contributed by atoms with Crippen molar-refractivity contribution in [2.75, 3.05) is 36.1 Å². The Morgan fingerprint density at radius 3 is 2.77 bits per heavy atom. The van der Waals surface area contributed by atoms with Crippen LogP contribution in [0.25, 0.3) is 0 Å². The molecule has 2 aliphatic rings. The second-order valence-electron chi connectivity index (χ2n) is 7.26. The Morgan fingerprint density at radius 1 is 1.23 bits per heavy atom. The van der Waals surface area contributed by atoms with Gasteiger partial charge in [0.2, 0.25) is 5.91 Å².